The Bertz CT molecular complexity index is 362. The number of aliphatic imine (C=N–C) groups is 1. The molecule has 1 aliphatic carbocycles. The van der Waals surface area contributed by atoms with Crippen LogP contribution < -0.4 is 16.0 Å². The van der Waals surface area contributed by atoms with Crippen LogP contribution in [0.4, 0.5) is 0 Å². The van der Waals surface area contributed by atoms with Crippen LogP contribution in [-0.4, -0.2) is 49.3 Å². The molecule has 0 aliphatic heterocycles. The third-order valence-electron chi connectivity index (χ3n) is 4.49. The summed E-state index contributed by atoms with van der Waals surface area (Å²) in [7, 11) is 0. The fourth-order valence-corrected chi connectivity index (χ4v) is 3.19. The monoisotopic (exact) mass is 340 g/mol. The van der Waals surface area contributed by atoms with E-state index in [1.807, 2.05) is 6.92 Å². The molecule has 1 amide bonds. The second-order valence-electron chi connectivity index (χ2n) is 6.65. The van der Waals surface area contributed by atoms with Crippen molar-refractivity contribution < 1.29 is 9.90 Å². The normalized spacial score (nSPS) is 17.4. The molecule has 0 aromatic heterocycles. The van der Waals surface area contributed by atoms with Gasteiger partial charge in [0, 0.05) is 25.7 Å². The highest BCUT2D eigenvalue weighted by molar-refractivity contribution is 5.85. The van der Waals surface area contributed by atoms with Crippen LogP contribution in [0.3, 0.4) is 0 Å². The zero-order valence-corrected chi connectivity index (χ0v) is 15.4. The summed E-state index contributed by atoms with van der Waals surface area (Å²) in [5, 5.41) is 18.7. The van der Waals surface area contributed by atoms with E-state index in [9.17, 15) is 4.79 Å². The standard InChI is InChI=1S/C18H36N4O2/c1-3-8-15(11-12-23)13-20-18(19-4-2)21-14-17(24)22-16-9-6-5-7-10-16/h15-16,23H,3-14H2,1-2H3,(H,22,24)(H2,19,20,21). The zero-order chi connectivity index (χ0) is 17.6. The van der Waals surface area contributed by atoms with Gasteiger partial charge in [0.25, 0.3) is 0 Å². The number of guanidine groups is 1. The van der Waals surface area contributed by atoms with Gasteiger partial charge in [-0.3, -0.25) is 4.79 Å². The van der Waals surface area contributed by atoms with E-state index in [4.69, 9.17) is 5.11 Å². The Balaban J connectivity index is 2.40. The second kappa shape index (κ2) is 13.0. The first-order valence-electron chi connectivity index (χ1n) is 9.61. The third kappa shape index (κ3) is 9.11. The van der Waals surface area contributed by atoms with Crippen LogP contribution in [0.15, 0.2) is 4.99 Å². The highest BCUT2D eigenvalue weighted by Gasteiger charge is 2.15. The Morgan fingerprint density at radius 3 is 2.54 bits per heavy atom. The SMILES string of the molecule is CCCC(CCO)CNC(=NCC(=O)NC1CCCCC1)NCC. The van der Waals surface area contributed by atoms with Crippen molar-refractivity contribution in [1.82, 2.24) is 16.0 Å². The van der Waals surface area contributed by atoms with Gasteiger partial charge in [-0.1, -0.05) is 32.6 Å². The number of carbonyl (C=O) groups is 1. The van der Waals surface area contributed by atoms with Crippen molar-refractivity contribution in [2.45, 2.75) is 71.3 Å². The predicted octanol–water partition coefficient (Wildman–Crippen LogP) is 1.79. The fourth-order valence-electron chi connectivity index (χ4n) is 3.19. The molecule has 4 N–H and O–H groups in total. The van der Waals surface area contributed by atoms with Gasteiger partial charge in [-0.25, -0.2) is 4.99 Å². The van der Waals surface area contributed by atoms with Gasteiger partial charge in [0.15, 0.2) is 5.96 Å². The van der Waals surface area contributed by atoms with Gasteiger partial charge in [-0.05, 0) is 38.5 Å². The van der Waals surface area contributed by atoms with Crippen LogP contribution in [0.2, 0.25) is 0 Å². The van der Waals surface area contributed by atoms with Crippen molar-refractivity contribution in [3.05, 3.63) is 0 Å². The summed E-state index contributed by atoms with van der Waals surface area (Å²) in [5.41, 5.74) is 0. The molecule has 0 aromatic carbocycles. The van der Waals surface area contributed by atoms with E-state index >= 15 is 0 Å². The summed E-state index contributed by atoms with van der Waals surface area (Å²) in [6.45, 7) is 6.06. The number of amides is 1. The van der Waals surface area contributed by atoms with Crippen molar-refractivity contribution in [3.63, 3.8) is 0 Å². The molecule has 0 radical (unpaired) electrons. The molecule has 0 aromatic rings. The van der Waals surface area contributed by atoms with Crippen LogP contribution in [0.5, 0.6) is 0 Å². The molecule has 1 rings (SSSR count). The Morgan fingerprint density at radius 2 is 1.92 bits per heavy atom. The molecule has 0 bridgehead atoms. The average Bonchev–Trinajstić information content (AvgIpc) is 2.58. The summed E-state index contributed by atoms with van der Waals surface area (Å²) in [6.07, 6.45) is 8.86. The molecule has 1 unspecified atom stereocenters. The molecule has 1 saturated carbocycles. The molecular weight excluding hydrogens is 304 g/mol. The zero-order valence-electron chi connectivity index (χ0n) is 15.4. The molecule has 24 heavy (non-hydrogen) atoms. The van der Waals surface area contributed by atoms with Crippen LogP contribution >= 0.6 is 0 Å². The molecular formula is C18H36N4O2. The lowest BCUT2D eigenvalue weighted by molar-refractivity contribution is -0.120. The lowest BCUT2D eigenvalue weighted by Gasteiger charge is -2.22. The van der Waals surface area contributed by atoms with Crippen molar-refractivity contribution in [2.75, 3.05) is 26.2 Å². The number of rotatable bonds is 10. The Hall–Kier alpha value is -1.30. The van der Waals surface area contributed by atoms with Gasteiger partial charge < -0.3 is 21.1 Å². The smallest absolute Gasteiger partial charge is 0.242 e. The van der Waals surface area contributed by atoms with E-state index < -0.39 is 0 Å². The highest BCUT2D eigenvalue weighted by Crippen LogP contribution is 2.17. The number of carbonyl (C=O) groups excluding carboxylic acids is 1. The summed E-state index contributed by atoms with van der Waals surface area (Å²) >= 11 is 0. The minimum atomic E-state index is -0.000399. The van der Waals surface area contributed by atoms with E-state index in [2.05, 4.69) is 27.9 Å². The molecule has 6 nitrogen and oxygen atoms in total. The van der Waals surface area contributed by atoms with Crippen molar-refractivity contribution in [2.24, 2.45) is 10.9 Å². The summed E-state index contributed by atoms with van der Waals surface area (Å²) in [4.78, 5) is 16.4. The average molecular weight is 341 g/mol. The van der Waals surface area contributed by atoms with Crippen LogP contribution in [0, 0.1) is 5.92 Å². The number of nitrogens with zero attached hydrogens (tertiary/aromatic N) is 1. The van der Waals surface area contributed by atoms with Crippen LogP contribution in [-0.2, 0) is 4.79 Å². The molecule has 0 spiro atoms. The van der Waals surface area contributed by atoms with Crippen LogP contribution in [0.25, 0.3) is 0 Å². The van der Waals surface area contributed by atoms with Gasteiger partial charge in [0.2, 0.25) is 5.91 Å². The third-order valence-corrected chi connectivity index (χ3v) is 4.49. The van der Waals surface area contributed by atoms with Gasteiger partial charge in [0.05, 0.1) is 0 Å². The van der Waals surface area contributed by atoms with Crippen molar-refractivity contribution >= 4 is 11.9 Å². The molecule has 0 saturated heterocycles. The lowest BCUT2D eigenvalue weighted by atomic mass is 9.95. The molecule has 1 aliphatic rings. The number of hydrogen-bond donors (Lipinski definition) is 4. The van der Waals surface area contributed by atoms with Gasteiger partial charge in [-0.2, -0.15) is 0 Å². The van der Waals surface area contributed by atoms with Gasteiger partial charge >= 0.3 is 0 Å². The largest absolute Gasteiger partial charge is 0.396 e. The van der Waals surface area contributed by atoms with Crippen LogP contribution in [0.1, 0.15) is 65.2 Å². The minimum Gasteiger partial charge on any atom is -0.396 e. The van der Waals surface area contributed by atoms with E-state index in [1.165, 1.54) is 19.3 Å². The number of aliphatic hydroxyl groups excluding tert-OH is 1. The number of nitrogens with one attached hydrogen (secondary N) is 3. The first-order chi connectivity index (χ1) is 11.7. The Morgan fingerprint density at radius 1 is 1.17 bits per heavy atom. The fraction of sp³-hybridized carbons (Fsp3) is 0.889. The van der Waals surface area contributed by atoms with E-state index in [0.717, 1.165) is 45.2 Å². The van der Waals surface area contributed by atoms with Gasteiger partial charge in [0.1, 0.15) is 6.54 Å². The van der Waals surface area contributed by atoms with Crippen molar-refractivity contribution in [3.8, 4) is 0 Å². The molecule has 1 fully saturated rings. The minimum absolute atomic E-state index is 0.000399. The second-order valence-corrected chi connectivity index (χ2v) is 6.65. The Labute approximate surface area is 146 Å². The summed E-state index contributed by atoms with van der Waals surface area (Å²) in [6, 6.07) is 0.329. The maximum atomic E-state index is 12.1. The predicted molar refractivity (Wildman–Crippen MR) is 99.1 cm³/mol. The topological polar surface area (TPSA) is 85.8 Å². The first kappa shape index (κ1) is 20.7. The lowest BCUT2D eigenvalue weighted by Crippen LogP contribution is -2.42. The quantitative estimate of drug-likeness (QED) is 0.361. The summed E-state index contributed by atoms with van der Waals surface area (Å²) in [5.74, 6) is 1.11. The van der Waals surface area contributed by atoms with E-state index in [1.54, 1.807) is 0 Å². The van der Waals surface area contributed by atoms with Crippen molar-refractivity contribution in [1.29, 1.82) is 0 Å². The molecule has 1 atom stereocenters. The number of aliphatic hydroxyl groups is 1. The first-order valence-corrected chi connectivity index (χ1v) is 9.61. The molecule has 0 heterocycles. The highest BCUT2D eigenvalue weighted by atomic mass is 16.3. The maximum absolute atomic E-state index is 12.1. The summed E-state index contributed by atoms with van der Waals surface area (Å²) < 4.78 is 0. The Kier molecular flexibility index (Phi) is 11.3. The number of hydrogen-bond acceptors (Lipinski definition) is 3. The van der Waals surface area contributed by atoms with E-state index in [0.29, 0.717) is 17.9 Å². The van der Waals surface area contributed by atoms with Gasteiger partial charge in [-0.15, -0.1) is 0 Å². The maximum Gasteiger partial charge on any atom is 0.242 e. The molecule has 6 heteroatoms. The molecule has 140 valence electrons. The van der Waals surface area contributed by atoms with E-state index in [-0.39, 0.29) is 19.1 Å².